The number of carbonyl (C=O) groups excluding carboxylic acids is 1. The van der Waals surface area contributed by atoms with Gasteiger partial charge in [-0.25, -0.2) is 0 Å². The molecule has 0 aliphatic carbocycles. The van der Waals surface area contributed by atoms with Gasteiger partial charge in [0.1, 0.15) is 0 Å². The number of aromatic amines is 1. The largest absolute Gasteiger partial charge is 0.351 e. The van der Waals surface area contributed by atoms with E-state index in [1.807, 2.05) is 36.2 Å². The van der Waals surface area contributed by atoms with Gasteiger partial charge in [0.2, 0.25) is 11.5 Å². The molecule has 2 N–H and O–H groups in total. The van der Waals surface area contributed by atoms with E-state index < -0.39 is 0 Å². The summed E-state index contributed by atoms with van der Waals surface area (Å²) in [4.78, 5) is 27.7. The smallest absolute Gasteiger partial charge is 0.248 e. The Morgan fingerprint density at radius 3 is 2.77 bits per heavy atom. The molecule has 2 rings (SSSR count). The van der Waals surface area contributed by atoms with Crippen molar-refractivity contribution >= 4 is 17.5 Å². The molecule has 0 bridgehead atoms. The second kappa shape index (κ2) is 7.77. The minimum absolute atomic E-state index is 0.0826. The number of carbonyl (C=O) groups is 1. The zero-order valence-electron chi connectivity index (χ0n) is 12.3. The van der Waals surface area contributed by atoms with Crippen LogP contribution in [0.25, 0.3) is 0 Å². The Kier molecular flexibility index (Phi) is 5.75. The van der Waals surface area contributed by atoms with Crippen LogP contribution < -0.4 is 10.9 Å². The fourth-order valence-corrected chi connectivity index (χ4v) is 2.29. The molecular formula is C16H18ClN3O2. The first-order chi connectivity index (χ1) is 10.5. The molecule has 6 heteroatoms. The van der Waals surface area contributed by atoms with Crippen molar-refractivity contribution in [2.45, 2.75) is 13.1 Å². The van der Waals surface area contributed by atoms with Crippen LogP contribution in [0.4, 0.5) is 0 Å². The first-order valence-corrected chi connectivity index (χ1v) is 7.28. The number of hydrogen-bond acceptors (Lipinski definition) is 3. The molecule has 0 aliphatic rings. The van der Waals surface area contributed by atoms with E-state index in [2.05, 4.69) is 10.3 Å². The Hall–Kier alpha value is -2.11. The van der Waals surface area contributed by atoms with Crippen molar-refractivity contribution < 1.29 is 4.79 Å². The van der Waals surface area contributed by atoms with Crippen LogP contribution >= 0.6 is 11.6 Å². The van der Waals surface area contributed by atoms with Crippen LogP contribution in [0, 0.1) is 0 Å². The monoisotopic (exact) mass is 319 g/mol. The number of nitrogens with one attached hydrogen (secondary N) is 2. The van der Waals surface area contributed by atoms with Gasteiger partial charge in [0, 0.05) is 29.9 Å². The maximum atomic E-state index is 11.9. The highest BCUT2D eigenvalue weighted by atomic mass is 35.5. The second-order valence-electron chi connectivity index (χ2n) is 5.12. The van der Waals surface area contributed by atoms with Gasteiger partial charge in [0.05, 0.1) is 6.54 Å². The molecular weight excluding hydrogens is 302 g/mol. The van der Waals surface area contributed by atoms with E-state index in [4.69, 9.17) is 11.6 Å². The summed E-state index contributed by atoms with van der Waals surface area (Å²) < 4.78 is 0. The highest BCUT2D eigenvalue weighted by Crippen LogP contribution is 2.10. The summed E-state index contributed by atoms with van der Waals surface area (Å²) in [7, 11) is 1.82. The molecule has 0 aliphatic heterocycles. The number of benzene rings is 1. The number of halogens is 1. The van der Waals surface area contributed by atoms with Gasteiger partial charge in [-0.05, 0) is 30.8 Å². The van der Waals surface area contributed by atoms with Crippen molar-refractivity contribution in [1.29, 1.82) is 0 Å². The number of H-pyrrole nitrogens is 1. The lowest BCUT2D eigenvalue weighted by Gasteiger charge is -2.16. The van der Waals surface area contributed by atoms with Crippen LogP contribution in [-0.4, -0.2) is 29.4 Å². The SMILES string of the molecule is CN(CC(=O)NCc1cccc(Cl)c1)Cc1cccc(=O)[nH]1. The summed E-state index contributed by atoms with van der Waals surface area (Å²) in [5, 5.41) is 3.49. The van der Waals surface area contributed by atoms with Gasteiger partial charge in [-0.2, -0.15) is 0 Å². The minimum atomic E-state index is -0.142. The van der Waals surface area contributed by atoms with Gasteiger partial charge < -0.3 is 10.3 Å². The molecule has 0 fully saturated rings. The van der Waals surface area contributed by atoms with Crippen molar-refractivity contribution in [3.63, 3.8) is 0 Å². The summed E-state index contributed by atoms with van der Waals surface area (Å²) in [6.45, 7) is 1.19. The standard InChI is InChI=1S/C16H18ClN3O2/c1-20(10-14-6-3-7-15(21)19-14)11-16(22)18-9-12-4-2-5-13(17)8-12/h2-8H,9-11H2,1H3,(H,18,22)(H,19,21). The maximum absolute atomic E-state index is 11.9. The van der Waals surface area contributed by atoms with Crippen LogP contribution in [-0.2, 0) is 17.9 Å². The quantitative estimate of drug-likeness (QED) is 0.853. The van der Waals surface area contributed by atoms with Crippen molar-refractivity contribution in [3.05, 3.63) is 69.1 Å². The predicted octanol–water partition coefficient (Wildman–Crippen LogP) is 1.78. The van der Waals surface area contributed by atoms with E-state index in [0.29, 0.717) is 18.1 Å². The normalized spacial score (nSPS) is 10.7. The number of likely N-dealkylation sites (N-methyl/N-ethyl adjacent to an activating group) is 1. The molecule has 116 valence electrons. The number of amides is 1. The zero-order valence-corrected chi connectivity index (χ0v) is 13.1. The molecule has 0 spiro atoms. The summed E-state index contributed by atoms with van der Waals surface area (Å²) >= 11 is 5.90. The van der Waals surface area contributed by atoms with E-state index in [9.17, 15) is 9.59 Å². The lowest BCUT2D eigenvalue weighted by atomic mass is 10.2. The molecule has 22 heavy (non-hydrogen) atoms. The van der Waals surface area contributed by atoms with Crippen LogP contribution in [0.2, 0.25) is 5.02 Å². The number of pyridine rings is 1. The Bertz CT molecular complexity index is 700. The van der Waals surface area contributed by atoms with Gasteiger partial charge in [-0.3, -0.25) is 14.5 Å². The van der Waals surface area contributed by atoms with E-state index >= 15 is 0 Å². The van der Waals surface area contributed by atoms with Crippen LogP contribution in [0.15, 0.2) is 47.3 Å². The molecule has 2 aromatic rings. The van der Waals surface area contributed by atoms with E-state index in [0.717, 1.165) is 11.3 Å². The molecule has 1 aromatic carbocycles. The third-order valence-electron chi connectivity index (χ3n) is 3.06. The van der Waals surface area contributed by atoms with Gasteiger partial charge in [-0.15, -0.1) is 0 Å². The summed E-state index contributed by atoms with van der Waals surface area (Å²) in [5.41, 5.74) is 1.59. The van der Waals surface area contributed by atoms with Crippen molar-refractivity contribution in [1.82, 2.24) is 15.2 Å². The van der Waals surface area contributed by atoms with Crippen molar-refractivity contribution in [3.8, 4) is 0 Å². The average molecular weight is 320 g/mol. The molecule has 0 atom stereocenters. The van der Waals surface area contributed by atoms with E-state index in [-0.39, 0.29) is 18.0 Å². The number of rotatable bonds is 6. The number of nitrogens with zero attached hydrogens (tertiary/aromatic N) is 1. The van der Waals surface area contributed by atoms with Crippen LogP contribution in [0.1, 0.15) is 11.3 Å². The predicted molar refractivity (Wildman–Crippen MR) is 86.7 cm³/mol. The van der Waals surface area contributed by atoms with Gasteiger partial charge in [0.25, 0.3) is 0 Å². The first-order valence-electron chi connectivity index (χ1n) is 6.91. The topological polar surface area (TPSA) is 65.2 Å². The molecule has 1 aromatic heterocycles. The molecule has 1 heterocycles. The molecule has 0 saturated carbocycles. The van der Waals surface area contributed by atoms with Crippen LogP contribution in [0.3, 0.4) is 0 Å². The van der Waals surface area contributed by atoms with Crippen LogP contribution in [0.5, 0.6) is 0 Å². The molecule has 0 saturated heterocycles. The third-order valence-corrected chi connectivity index (χ3v) is 3.30. The Morgan fingerprint density at radius 1 is 1.27 bits per heavy atom. The molecule has 0 unspecified atom stereocenters. The van der Waals surface area contributed by atoms with Gasteiger partial charge in [0.15, 0.2) is 0 Å². The minimum Gasteiger partial charge on any atom is -0.351 e. The lowest BCUT2D eigenvalue weighted by Crippen LogP contribution is -2.34. The van der Waals surface area contributed by atoms with E-state index in [1.165, 1.54) is 6.07 Å². The highest BCUT2D eigenvalue weighted by Gasteiger charge is 2.07. The van der Waals surface area contributed by atoms with Gasteiger partial charge in [-0.1, -0.05) is 29.8 Å². The molecule has 5 nitrogen and oxygen atoms in total. The van der Waals surface area contributed by atoms with Crippen molar-refractivity contribution in [2.75, 3.05) is 13.6 Å². The number of hydrogen-bond donors (Lipinski definition) is 2. The first kappa shape index (κ1) is 16.3. The average Bonchev–Trinajstić information content (AvgIpc) is 2.45. The Labute approximate surface area is 133 Å². The Morgan fingerprint density at radius 2 is 2.05 bits per heavy atom. The molecule has 0 radical (unpaired) electrons. The zero-order chi connectivity index (χ0) is 15.9. The summed E-state index contributed by atoms with van der Waals surface area (Å²) in [6, 6.07) is 12.3. The van der Waals surface area contributed by atoms with E-state index in [1.54, 1.807) is 12.1 Å². The second-order valence-corrected chi connectivity index (χ2v) is 5.56. The number of aromatic nitrogens is 1. The summed E-state index contributed by atoms with van der Waals surface area (Å²) in [5.74, 6) is -0.0826. The maximum Gasteiger partial charge on any atom is 0.248 e. The van der Waals surface area contributed by atoms with Crippen molar-refractivity contribution in [2.24, 2.45) is 0 Å². The van der Waals surface area contributed by atoms with Gasteiger partial charge >= 0.3 is 0 Å². The fraction of sp³-hybridized carbons (Fsp3) is 0.250. The third kappa shape index (κ3) is 5.35. The highest BCUT2D eigenvalue weighted by molar-refractivity contribution is 6.30. The fourth-order valence-electron chi connectivity index (χ4n) is 2.08. The summed E-state index contributed by atoms with van der Waals surface area (Å²) in [6.07, 6.45) is 0. The molecule has 1 amide bonds. The Balaban J connectivity index is 1.80. The lowest BCUT2D eigenvalue weighted by molar-refractivity contribution is -0.122.